The van der Waals surface area contributed by atoms with E-state index in [2.05, 4.69) is 10.6 Å². The van der Waals surface area contributed by atoms with Gasteiger partial charge >= 0.3 is 0 Å². The number of nitrogens with zero attached hydrogens (tertiary/aromatic N) is 2. The number of hydrogen-bond donors (Lipinski definition) is 2. The fourth-order valence-corrected chi connectivity index (χ4v) is 3.12. The second kappa shape index (κ2) is 5.88. The maximum Gasteiger partial charge on any atom is 0.242 e. The molecule has 0 saturated carbocycles. The Balaban J connectivity index is 1.94. The maximum atomic E-state index is 12.2. The molecule has 0 radical (unpaired) electrons. The Labute approximate surface area is 114 Å². The Morgan fingerprint density at radius 1 is 1.37 bits per heavy atom. The van der Waals surface area contributed by atoms with E-state index in [1.807, 2.05) is 19.0 Å². The van der Waals surface area contributed by atoms with Crippen molar-refractivity contribution in [1.82, 2.24) is 20.4 Å². The molecule has 2 aliphatic heterocycles. The first-order valence-corrected chi connectivity index (χ1v) is 6.92. The molecule has 0 spiro atoms. The summed E-state index contributed by atoms with van der Waals surface area (Å²) in [4.78, 5) is 27.8. The minimum Gasteiger partial charge on any atom is -0.353 e. The third-order valence-corrected chi connectivity index (χ3v) is 4.05. The lowest BCUT2D eigenvalue weighted by Crippen LogP contribution is -2.50. The molecule has 2 aliphatic rings. The van der Waals surface area contributed by atoms with Crippen molar-refractivity contribution in [3.63, 3.8) is 0 Å². The summed E-state index contributed by atoms with van der Waals surface area (Å²) in [6.45, 7) is 4.72. The van der Waals surface area contributed by atoms with Gasteiger partial charge in [-0.1, -0.05) is 0 Å². The average Bonchev–Trinajstić information content (AvgIpc) is 2.86. The molecule has 0 aliphatic carbocycles. The number of amides is 2. The fraction of sp³-hybridized carbons (Fsp3) is 0.846. The van der Waals surface area contributed by atoms with Crippen LogP contribution in [0.15, 0.2) is 0 Å². The van der Waals surface area contributed by atoms with E-state index in [0.29, 0.717) is 12.5 Å². The predicted molar refractivity (Wildman–Crippen MR) is 72.6 cm³/mol. The van der Waals surface area contributed by atoms with Crippen LogP contribution in [-0.2, 0) is 9.59 Å². The third kappa shape index (κ3) is 3.06. The molecule has 2 fully saturated rings. The van der Waals surface area contributed by atoms with Gasteiger partial charge in [-0.25, -0.2) is 0 Å². The van der Waals surface area contributed by atoms with Gasteiger partial charge in [0.25, 0.3) is 0 Å². The topological polar surface area (TPSA) is 64.7 Å². The van der Waals surface area contributed by atoms with Gasteiger partial charge in [-0.15, -0.1) is 0 Å². The van der Waals surface area contributed by atoms with Crippen LogP contribution < -0.4 is 10.6 Å². The molecule has 19 heavy (non-hydrogen) atoms. The lowest BCUT2D eigenvalue weighted by molar-refractivity contribution is -0.138. The number of likely N-dealkylation sites (N-methyl/N-ethyl adjacent to an activating group) is 1. The molecule has 0 aromatic rings. The van der Waals surface area contributed by atoms with Gasteiger partial charge in [-0.2, -0.15) is 0 Å². The molecule has 2 rings (SSSR count). The van der Waals surface area contributed by atoms with Crippen LogP contribution in [0.25, 0.3) is 0 Å². The number of fused-ring (bicyclic) bond motifs is 1. The van der Waals surface area contributed by atoms with Crippen molar-refractivity contribution >= 4 is 11.8 Å². The number of carbonyl (C=O) groups excluding carboxylic acids is 2. The van der Waals surface area contributed by atoms with Crippen molar-refractivity contribution in [2.75, 3.05) is 40.3 Å². The molecule has 6 nitrogen and oxygen atoms in total. The minimum absolute atomic E-state index is 0.00367. The van der Waals surface area contributed by atoms with Gasteiger partial charge in [0.05, 0.1) is 0 Å². The van der Waals surface area contributed by atoms with Gasteiger partial charge < -0.3 is 20.4 Å². The van der Waals surface area contributed by atoms with Gasteiger partial charge in [0.2, 0.25) is 11.8 Å². The van der Waals surface area contributed by atoms with Gasteiger partial charge in [0.1, 0.15) is 6.04 Å². The lowest BCUT2D eigenvalue weighted by atomic mass is 10.0. The summed E-state index contributed by atoms with van der Waals surface area (Å²) in [5.41, 5.74) is 0. The molecule has 2 heterocycles. The van der Waals surface area contributed by atoms with E-state index >= 15 is 0 Å². The zero-order valence-electron chi connectivity index (χ0n) is 12.0. The van der Waals surface area contributed by atoms with Crippen molar-refractivity contribution < 1.29 is 9.59 Å². The van der Waals surface area contributed by atoms with E-state index in [4.69, 9.17) is 0 Å². The first-order chi connectivity index (χ1) is 9.00. The average molecular weight is 268 g/mol. The normalized spacial score (nSPS) is 29.7. The number of carbonyl (C=O) groups is 2. The molecule has 6 heteroatoms. The molecule has 2 saturated heterocycles. The van der Waals surface area contributed by atoms with Crippen molar-refractivity contribution in [3.05, 3.63) is 0 Å². The molecular formula is C13H24N4O2. The van der Waals surface area contributed by atoms with Gasteiger partial charge in [-0.05, 0) is 26.4 Å². The van der Waals surface area contributed by atoms with Crippen LogP contribution in [0.2, 0.25) is 0 Å². The smallest absolute Gasteiger partial charge is 0.242 e. The second-order valence-corrected chi connectivity index (χ2v) is 5.76. The molecule has 3 atom stereocenters. The zero-order chi connectivity index (χ0) is 14.0. The Hall–Kier alpha value is -1.14. The van der Waals surface area contributed by atoms with Gasteiger partial charge in [0.15, 0.2) is 0 Å². The Bertz CT molecular complexity index is 359. The molecule has 108 valence electrons. The van der Waals surface area contributed by atoms with Gasteiger partial charge in [0, 0.05) is 39.1 Å². The summed E-state index contributed by atoms with van der Waals surface area (Å²) in [5, 5.41) is 6.23. The molecular weight excluding hydrogens is 244 g/mol. The SMILES string of the molecule is CC(=O)N1[C@@H]2CNC[C@@H]2C[C@H]1C(=O)NCCN(C)C. The van der Waals surface area contributed by atoms with Crippen LogP contribution in [0.3, 0.4) is 0 Å². The number of likely N-dealkylation sites (tertiary alicyclic amines) is 1. The van der Waals surface area contributed by atoms with Crippen LogP contribution in [-0.4, -0.2) is 74.0 Å². The number of rotatable bonds is 4. The first-order valence-electron chi connectivity index (χ1n) is 6.92. The molecule has 2 amide bonds. The minimum atomic E-state index is -0.281. The summed E-state index contributed by atoms with van der Waals surface area (Å²) in [7, 11) is 3.94. The first kappa shape index (κ1) is 14.3. The van der Waals surface area contributed by atoms with E-state index in [9.17, 15) is 9.59 Å². The van der Waals surface area contributed by atoms with E-state index in [1.54, 1.807) is 11.8 Å². The standard InChI is InChI=1S/C13H24N4O2/c1-9(18)17-11(6-10-7-14-8-12(10)17)13(19)15-4-5-16(2)3/h10-12,14H,4-8H2,1-3H3,(H,15,19)/t10-,11-,12+/m0/s1. The van der Waals surface area contributed by atoms with E-state index in [1.165, 1.54) is 0 Å². The Morgan fingerprint density at radius 2 is 2.11 bits per heavy atom. The molecule has 0 unspecified atom stereocenters. The highest BCUT2D eigenvalue weighted by Crippen LogP contribution is 2.32. The zero-order valence-corrected chi connectivity index (χ0v) is 12.0. The van der Waals surface area contributed by atoms with Crippen LogP contribution >= 0.6 is 0 Å². The molecule has 0 aromatic carbocycles. The summed E-state index contributed by atoms with van der Waals surface area (Å²) >= 11 is 0. The van der Waals surface area contributed by atoms with E-state index < -0.39 is 0 Å². The molecule has 0 aromatic heterocycles. The fourth-order valence-electron chi connectivity index (χ4n) is 3.12. The van der Waals surface area contributed by atoms with Crippen LogP contribution in [0.4, 0.5) is 0 Å². The quantitative estimate of drug-likeness (QED) is 0.677. The van der Waals surface area contributed by atoms with Crippen LogP contribution in [0, 0.1) is 5.92 Å². The third-order valence-electron chi connectivity index (χ3n) is 4.05. The Morgan fingerprint density at radius 3 is 2.74 bits per heavy atom. The number of hydrogen-bond acceptors (Lipinski definition) is 4. The van der Waals surface area contributed by atoms with Crippen molar-refractivity contribution in [3.8, 4) is 0 Å². The van der Waals surface area contributed by atoms with Gasteiger partial charge in [-0.3, -0.25) is 9.59 Å². The van der Waals surface area contributed by atoms with Crippen molar-refractivity contribution in [2.24, 2.45) is 5.92 Å². The van der Waals surface area contributed by atoms with Crippen molar-refractivity contribution in [2.45, 2.75) is 25.4 Å². The molecule has 2 N–H and O–H groups in total. The highest BCUT2D eigenvalue weighted by Gasteiger charge is 2.47. The lowest BCUT2D eigenvalue weighted by Gasteiger charge is -2.27. The largest absolute Gasteiger partial charge is 0.353 e. The van der Waals surface area contributed by atoms with Crippen LogP contribution in [0.1, 0.15) is 13.3 Å². The summed E-state index contributed by atoms with van der Waals surface area (Å²) < 4.78 is 0. The summed E-state index contributed by atoms with van der Waals surface area (Å²) in [6.07, 6.45) is 0.783. The maximum absolute atomic E-state index is 12.2. The highest BCUT2D eigenvalue weighted by molar-refractivity contribution is 5.87. The molecule has 0 bridgehead atoms. The summed E-state index contributed by atoms with van der Waals surface area (Å²) in [5.74, 6) is 0.420. The Kier molecular flexibility index (Phi) is 4.42. The van der Waals surface area contributed by atoms with Crippen molar-refractivity contribution in [1.29, 1.82) is 0 Å². The van der Waals surface area contributed by atoms with E-state index in [0.717, 1.165) is 26.1 Å². The van der Waals surface area contributed by atoms with Crippen LogP contribution in [0.5, 0.6) is 0 Å². The second-order valence-electron chi connectivity index (χ2n) is 5.76. The monoisotopic (exact) mass is 268 g/mol. The number of nitrogens with one attached hydrogen (secondary N) is 2. The summed E-state index contributed by atoms with van der Waals surface area (Å²) in [6, 6.07) is -0.0844. The predicted octanol–water partition coefficient (Wildman–Crippen LogP) is -1.13. The van der Waals surface area contributed by atoms with E-state index in [-0.39, 0.29) is 23.9 Å². The highest BCUT2D eigenvalue weighted by atomic mass is 16.2.